The second-order valence-corrected chi connectivity index (χ2v) is 5.16. The van der Waals surface area contributed by atoms with Crippen molar-refractivity contribution in [1.29, 1.82) is 0 Å². The van der Waals surface area contributed by atoms with Crippen molar-refractivity contribution in [3.8, 4) is 0 Å². The number of carboxylic acid groups (broad SMARTS) is 1. The highest BCUT2D eigenvalue weighted by Crippen LogP contribution is 2.16. The van der Waals surface area contributed by atoms with Crippen LogP contribution in [0.5, 0.6) is 0 Å². The molecule has 0 bridgehead atoms. The summed E-state index contributed by atoms with van der Waals surface area (Å²) < 4.78 is 1.63. The summed E-state index contributed by atoms with van der Waals surface area (Å²) in [6.45, 7) is 2.06. The molecule has 1 N–H and O–H groups in total. The third kappa shape index (κ3) is 2.65. The average Bonchev–Trinajstić information content (AvgIpc) is 2.92. The first-order valence-corrected chi connectivity index (χ1v) is 6.89. The molecule has 106 valence electrons. The molecule has 4 nitrogen and oxygen atoms in total. The number of rotatable bonds is 4. The van der Waals surface area contributed by atoms with E-state index in [1.54, 1.807) is 16.8 Å². The Morgan fingerprint density at radius 1 is 1.24 bits per heavy atom. The van der Waals surface area contributed by atoms with Crippen molar-refractivity contribution >= 4 is 11.6 Å². The molecule has 0 aliphatic heterocycles. The molecule has 2 aromatic heterocycles. The van der Waals surface area contributed by atoms with Gasteiger partial charge in [0.25, 0.3) is 0 Å². The van der Waals surface area contributed by atoms with E-state index >= 15 is 0 Å². The zero-order chi connectivity index (χ0) is 14.8. The SMILES string of the molecule is Cc1cccc(CCc2ccc3nccn3c2C(=O)O)c1. The second kappa shape index (κ2) is 5.40. The molecule has 0 fully saturated rings. The van der Waals surface area contributed by atoms with E-state index in [2.05, 4.69) is 30.1 Å². The number of nitrogens with zero attached hydrogens (tertiary/aromatic N) is 2. The van der Waals surface area contributed by atoms with E-state index in [1.807, 2.05) is 18.2 Å². The van der Waals surface area contributed by atoms with Crippen molar-refractivity contribution in [1.82, 2.24) is 9.38 Å². The van der Waals surface area contributed by atoms with Crippen molar-refractivity contribution in [3.63, 3.8) is 0 Å². The number of carbonyl (C=O) groups is 1. The van der Waals surface area contributed by atoms with E-state index in [-0.39, 0.29) is 0 Å². The van der Waals surface area contributed by atoms with Crippen LogP contribution in [0, 0.1) is 6.92 Å². The van der Waals surface area contributed by atoms with E-state index in [0.29, 0.717) is 17.8 Å². The van der Waals surface area contributed by atoms with Crippen LogP contribution in [0.1, 0.15) is 27.2 Å². The van der Waals surface area contributed by atoms with Gasteiger partial charge >= 0.3 is 5.97 Å². The molecular weight excluding hydrogens is 264 g/mol. The number of aryl methyl sites for hydroxylation is 3. The Labute approximate surface area is 122 Å². The van der Waals surface area contributed by atoms with Gasteiger partial charge in [-0.2, -0.15) is 0 Å². The van der Waals surface area contributed by atoms with Crippen molar-refractivity contribution < 1.29 is 9.90 Å². The summed E-state index contributed by atoms with van der Waals surface area (Å²) in [7, 11) is 0. The lowest BCUT2D eigenvalue weighted by atomic mass is 10.0. The van der Waals surface area contributed by atoms with E-state index < -0.39 is 5.97 Å². The van der Waals surface area contributed by atoms with E-state index in [0.717, 1.165) is 12.0 Å². The van der Waals surface area contributed by atoms with Crippen molar-refractivity contribution in [2.45, 2.75) is 19.8 Å². The molecule has 0 unspecified atom stereocenters. The molecule has 0 aliphatic carbocycles. The van der Waals surface area contributed by atoms with E-state index in [1.165, 1.54) is 11.1 Å². The lowest BCUT2D eigenvalue weighted by Crippen LogP contribution is -2.10. The first-order chi connectivity index (χ1) is 10.1. The van der Waals surface area contributed by atoms with Gasteiger partial charge in [-0.1, -0.05) is 35.9 Å². The van der Waals surface area contributed by atoms with Crippen LogP contribution in [0.15, 0.2) is 48.8 Å². The number of benzene rings is 1. The lowest BCUT2D eigenvalue weighted by molar-refractivity contribution is 0.0687. The Balaban J connectivity index is 1.93. The molecule has 1 aromatic carbocycles. The topological polar surface area (TPSA) is 54.6 Å². The number of aromatic nitrogens is 2. The van der Waals surface area contributed by atoms with E-state index in [9.17, 15) is 9.90 Å². The molecule has 3 aromatic rings. The Hall–Kier alpha value is -2.62. The summed E-state index contributed by atoms with van der Waals surface area (Å²) in [6, 6.07) is 12.0. The number of hydrogen-bond acceptors (Lipinski definition) is 2. The van der Waals surface area contributed by atoms with Gasteiger partial charge in [-0.05, 0) is 37.0 Å². The fourth-order valence-electron chi connectivity index (χ4n) is 2.62. The third-order valence-corrected chi connectivity index (χ3v) is 3.62. The summed E-state index contributed by atoms with van der Waals surface area (Å²) in [5.41, 5.74) is 4.23. The van der Waals surface area contributed by atoms with Crippen LogP contribution in [0.4, 0.5) is 0 Å². The second-order valence-electron chi connectivity index (χ2n) is 5.16. The quantitative estimate of drug-likeness (QED) is 0.799. The zero-order valence-corrected chi connectivity index (χ0v) is 11.8. The molecule has 0 amide bonds. The number of pyridine rings is 1. The fourth-order valence-corrected chi connectivity index (χ4v) is 2.62. The standard InChI is InChI=1S/C17H16N2O2/c1-12-3-2-4-13(11-12)5-6-14-7-8-15-18-9-10-19(15)16(14)17(20)21/h2-4,7-11H,5-6H2,1H3,(H,20,21). The summed E-state index contributed by atoms with van der Waals surface area (Å²) in [6.07, 6.45) is 4.82. The Kier molecular flexibility index (Phi) is 3.44. The maximum Gasteiger partial charge on any atom is 0.353 e. The van der Waals surface area contributed by atoms with Crippen molar-refractivity contribution in [2.24, 2.45) is 0 Å². The van der Waals surface area contributed by atoms with Gasteiger partial charge in [-0.3, -0.25) is 4.40 Å². The number of carboxylic acids is 1. The van der Waals surface area contributed by atoms with Crippen molar-refractivity contribution in [3.05, 3.63) is 71.2 Å². The van der Waals surface area contributed by atoms with Crippen LogP contribution < -0.4 is 0 Å². The maximum atomic E-state index is 11.6. The Bertz CT molecular complexity index is 805. The molecule has 0 saturated heterocycles. The Morgan fingerprint density at radius 2 is 2.10 bits per heavy atom. The fraction of sp³-hybridized carbons (Fsp3) is 0.176. The first kappa shape index (κ1) is 13.4. The Morgan fingerprint density at radius 3 is 2.86 bits per heavy atom. The molecule has 21 heavy (non-hydrogen) atoms. The molecule has 0 aliphatic rings. The molecule has 0 radical (unpaired) electrons. The highest BCUT2D eigenvalue weighted by Gasteiger charge is 2.14. The van der Waals surface area contributed by atoms with E-state index in [4.69, 9.17) is 0 Å². The average molecular weight is 280 g/mol. The lowest BCUT2D eigenvalue weighted by Gasteiger charge is -2.09. The van der Waals surface area contributed by atoms with Gasteiger partial charge in [0.15, 0.2) is 0 Å². The number of imidazole rings is 1. The van der Waals surface area contributed by atoms with Crippen LogP contribution in [-0.2, 0) is 12.8 Å². The van der Waals surface area contributed by atoms with Gasteiger partial charge in [0.2, 0.25) is 0 Å². The van der Waals surface area contributed by atoms with Crippen LogP contribution in [0.25, 0.3) is 5.65 Å². The van der Waals surface area contributed by atoms with Gasteiger partial charge in [-0.15, -0.1) is 0 Å². The van der Waals surface area contributed by atoms with Gasteiger partial charge in [0.05, 0.1) is 0 Å². The molecular formula is C17H16N2O2. The number of aromatic carboxylic acids is 1. The maximum absolute atomic E-state index is 11.6. The van der Waals surface area contributed by atoms with Crippen LogP contribution in [0.2, 0.25) is 0 Å². The molecule has 0 spiro atoms. The highest BCUT2D eigenvalue weighted by atomic mass is 16.4. The summed E-state index contributed by atoms with van der Waals surface area (Å²) in [5.74, 6) is -0.919. The minimum Gasteiger partial charge on any atom is -0.477 e. The minimum absolute atomic E-state index is 0.303. The summed E-state index contributed by atoms with van der Waals surface area (Å²) in [4.78, 5) is 15.7. The van der Waals surface area contributed by atoms with Gasteiger partial charge in [0, 0.05) is 12.4 Å². The van der Waals surface area contributed by atoms with Gasteiger partial charge in [0.1, 0.15) is 11.3 Å². The molecule has 3 rings (SSSR count). The molecule has 2 heterocycles. The predicted molar refractivity (Wildman–Crippen MR) is 80.7 cm³/mol. The van der Waals surface area contributed by atoms with Crippen molar-refractivity contribution in [2.75, 3.05) is 0 Å². The molecule has 0 atom stereocenters. The number of fused-ring (bicyclic) bond motifs is 1. The molecule has 0 saturated carbocycles. The van der Waals surface area contributed by atoms with Gasteiger partial charge < -0.3 is 5.11 Å². The van der Waals surface area contributed by atoms with Crippen LogP contribution in [-0.4, -0.2) is 20.5 Å². The predicted octanol–water partition coefficient (Wildman–Crippen LogP) is 3.13. The summed E-state index contributed by atoms with van der Waals surface area (Å²) >= 11 is 0. The van der Waals surface area contributed by atoms with Crippen LogP contribution >= 0.6 is 0 Å². The molecule has 4 heteroatoms. The van der Waals surface area contributed by atoms with Gasteiger partial charge in [-0.25, -0.2) is 9.78 Å². The largest absolute Gasteiger partial charge is 0.477 e. The first-order valence-electron chi connectivity index (χ1n) is 6.89. The zero-order valence-electron chi connectivity index (χ0n) is 11.8. The normalized spacial score (nSPS) is 10.9. The summed E-state index contributed by atoms with van der Waals surface area (Å²) in [5, 5.41) is 9.47. The smallest absolute Gasteiger partial charge is 0.353 e. The minimum atomic E-state index is -0.919. The third-order valence-electron chi connectivity index (χ3n) is 3.62. The van der Waals surface area contributed by atoms with Crippen LogP contribution in [0.3, 0.4) is 0 Å². The highest BCUT2D eigenvalue weighted by molar-refractivity contribution is 5.88. The monoisotopic (exact) mass is 280 g/mol. The number of hydrogen-bond donors (Lipinski definition) is 1.